The second-order valence-electron chi connectivity index (χ2n) is 3.00. The third-order valence-corrected chi connectivity index (χ3v) is 2.68. The summed E-state index contributed by atoms with van der Waals surface area (Å²) in [5, 5.41) is 14.7. The number of hydrogen-bond donors (Lipinski definition) is 4. The molecule has 5 N–H and O–H groups in total. The van der Waals surface area contributed by atoms with Crippen LogP contribution in [0.4, 0.5) is 9.80 Å². The molecule has 0 saturated carbocycles. The molecule has 16 heavy (non-hydrogen) atoms. The van der Waals surface area contributed by atoms with Crippen LogP contribution >= 0.6 is 11.5 Å². The van der Waals surface area contributed by atoms with Crippen LogP contribution in [0.5, 0.6) is 0 Å². The van der Waals surface area contributed by atoms with E-state index in [1.807, 2.05) is 0 Å². The van der Waals surface area contributed by atoms with E-state index in [0.29, 0.717) is 23.8 Å². The normalized spacial score (nSPS) is 9.81. The van der Waals surface area contributed by atoms with Gasteiger partial charge in [0.25, 0.3) is 0 Å². The minimum Gasteiger partial charge on any atom is -0.478 e. The third kappa shape index (κ3) is 3.09. The second-order valence-corrected chi connectivity index (χ2v) is 3.77. The Morgan fingerprint density at radius 2 is 2.19 bits per heavy atom. The van der Waals surface area contributed by atoms with Crippen LogP contribution in [0.1, 0.15) is 16.1 Å². The Kier molecular flexibility index (Phi) is 4.06. The summed E-state index contributed by atoms with van der Waals surface area (Å²) in [5.41, 5.74) is 5.52. The number of aromatic carboxylic acids is 1. The number of carboxylic acid groups (broad SMARTS) is 1. The number of nitrogens with one attached hydrogen (secondary N) is 2. The molecule has 88 valence electrons. The van der Waals surface area contributed by atoms with Crippen LogP contribution in [-0.2, 0) is 0 Å². The summed E-state index contributed by atoms with van der Waals surface area (Å²) in [7, 11) is 0. The van der Waals surface area contributed by atoms with Gasteiger partial charge in [0.2, 0.25) is 0 Å². The number of carbonyl (C=O) groups is 2. The first-order valence-electron chi connectivity index (χ1n) is 4.49. The van der Waals surface area contributed by atoms with Crippen molar-refractivity contribution in [2.45, 2.75) is 6.92 Å². The number of urea groups is 1. The molecule has 1 rings (SSSR count). The molecule has 0 aliphatic heterocycles. The van der Waals surface area contributed by atoms with Crippen molar-refractivity contribution >= 4 is 28.5 Å². The Hall–Kier alpha value is -1.83. The third-order valence-electron chi connectivity index (χ3n) is 1.79. The fourth-order valence-electron chi connectivity index (χ4n) is 1.10. The number of rotatable bonds is 5. The molecule has 2 amide bonds. The number of amides is 2. The molecule has 0 bridgehead atoms. The lowest BCUT2D eigenvalue weighted by Crippen LogP contribution is -2.33. The monoisotopic (exact) mass is 244 g/mol. The summed E-state index contributed by atoms with van der Waals surface area (Å²) in [6.45, 7) is 2.35. The van der Waals surface area contributed by atoms with E-state index < -0.39 is 12.0 Å². The van der Waals surface area contributed by atoms with Crippen molar-refractivity contribution in [1.29, 1.82) is 0 Å². The van der Waals surface area contributed by atoms with Gasteiger partial charge in [-0.15, -0.1) is 0 Å². The zero-order valence-corrected chi connectivity index (χ0v) is 9.43. The van der Waals surface area contributed by atoms with Crippen molar-refractivity contribution in [1.82, 2.24) is 9.69 Å². The number of primary amides is 1. The molecule has 0 radical (unpaired) electrons. The predicted octanol–water partition coefficient (Wildman–Crippen LogP) is 0.230. The fourth-order valence-corrected chi connectivity index (χ4v) is 1.92. The highest BCUT2D eigenvalue weighted by atomic mass is 32.1. The highest BCUT2D eigenvalue weighted by Gasteiger charge is 2.16. The highest BCUT2D eigenvalue weighted by molar-refractivity contribution is 7.10. The van der Waals surface area contributed by atoms with E-state index in [4.69, 9.17) is 10.8 Å². The smallest absolute Gasteiger partial charge is 0.340 e. The van der Waals surface area contributed by atoms with E-state index >= 15 is 0 Å². The molecule has 8 heteroatoms. The van der Waals surface area contributed by atoms with Crippen molar-refractivity contribution < 1.29 is 14.7 Å². The van der Waals surface area contributed by atoms with Gasteiger partial charge in [-0.3, -0.25) is 0 Å². The quantitative estimate of drug-likeness (QED) is 0.553. The summed E-state index contributed by atoms with van der Waals surface area (Å²) in [6.07, 6.45) is 0. The summed E-state index contributed by atoms with van der Waals surface area (Å²) in [6, 6.07) is -0.610. The molecule has 1 aromatic heterocycles. The van der Waals surface area contributed by atoms with Crippen LogP contribution < -0.4 is 16.4 Å². The van der Waals surface area contributed by atoms with Crippen LogP contribution in [0, 0.1) is 6.92 Å². The van der Waals surface area contributed by atoms with Gasteiger partial charge in [0.1, 0.15) is 10.6 Å². The average Bonchev–Trinajstić information content (AvgIpc) is 2.54. The molecular formula is C8H12N4O3S. The molecule has 0 aromatic carbocycles. The maximum absolute atomic E-state index is 10.9. The van der Waals surface area contributed by atoms with Crippen LogP contribution in [0.2, 0.25) is 0 Å². The number of nitrogens with two attached hydrogens (primary N) is 1. The molecule has 0 aliphatic carbocycles. The van der Waals surface area contributed by atoms with E-state index in [2.05, 4.69) is 15.0 Å². The molecule has 0 unspecified atom stereocenters. The number of aryl methyl sites for hydroxylation is 1. The number of hydrogen-bond acceptors (Lipinski definition) is 5. The minimum atomic E-state index is -1.02. The molecular weight excluding hydrogens is 232 g/mol. The Bertz CT molecular complexity index is 404. The lowest BCUT2D eigenvalue weighted by atomic mass is 10.2. The zero-order chi connectivity index (χ0) is 12.1. The molecule has 1 aromatic rings. The van der Waals surface area contributed by atoms with Crippen molar-refractivity contribution in [3.8, 4) is 0 Å². The SMILES string of the molecule is Cc1nsc(NCCNC(N)=O)c1C(=O)O. The molecule has 0 spiro atoms. The average molecular weight is 244 g/mol. The van der Waals surface area contributed by atoms with Crippen LogP contribution in [-0.4, -0.2) is 34.6 Å². The first-order chi connectivity index (χ1) is 7.52. The summed E-state index contributed by atoms with van der Waals surface area (Å²) >= 11 is 1.08. The van der Waals surface area contributed by atoms with Gasteiger partial charge in [0.05, 0.1) is 5.69 Å². The zero-order valence-electron chi connectivity index (χ0n) is 8.61. The van der Waals surface area contributed by atoms with Gasteiger partial charge < -0.3 is 21.5 Å². The predicted molar refractivity (Wildman–Crippen MR) is 59.9 cm³/mol. The van der Waals surface area contributed by atoms with E-state index in [-0.39, 0.29) is 5.56 Å². The van der Waals surface area contributed by atoms with Crippen molar-refractivity contribution in [2.24, 2.45) is 5.73 Å². The van der Waals surface area contributed by atoms with Crippen molar-refractivity contribution in [2.75, 3.05) is 18.4 Å². The molecule has 0 saturated heterocycles. The highest BCUT2D eigenvalue weighted by Crippen LogP contribution is 2.23. The summed E-state index contributed by atoms with van der Waals surface area (Å²) < 4.78 is 3.94. The molecule has 7 nitrogen and oxygen atoms in total. The summed E-state index contributed by atoms with van der Waals surface area (Å²) in [5.74, 6) is -1.02. The van der Waals surface area contributed by atoms with Crippen molar-refractivity contribution in [3.63, 3.8) is 0 Å². The van der Waals surface area contributed by atoms with Gasteiger partial charge in [0, 0.05) is 13.1 Å². The second kappa shape index (κ2) is 5.31. The van der Waals surface area contributed by atoms with Crippen LogP contribution in [0.25, 0.3) is 0 Å². The number of carboxylic acids is 1. The van der Waals surface area contributed by atoms with E-state index in [0.717, 1.165) is 11.5 Å². The Labute approximate surface area is 95.8 Å². The number of aromatic nitrogens is 1. The maximum Gasteiger partial charge on any atom is 0.340 e. The number of anilines is 1. The van der Waals surface area contributed by atoms with Gasteiger partial charge >= 0.3 is 12.0 Å². The molecule has 0 aliphatic rings. The Balaban J connectivity index is 2.54. The van der Waals surface area contributed by atoms with Gasteiger partial charge in [-0.25, -0.2) is 9.59 Å². The number of nitrogens with zero attached hydrogens (tertiary/aromatic N) is 1. The Morgan fingerprint density at radius 1 is 1.50 bits per heavy atom. The number of carbonyl (C=O) groups excluding carboxylic acids is 1. The van der Waals surface area contributed by atoms with E-state index in [1.165, 1.54) is 0 Å². The molecule has 1 heterocycles. The van der Waals surface area contributed by atoms with Crippen LogP contribution in [0.3, 0.4) is 0 Å². The first kappa shape index (κ1) is 12.2. The topological polar surface area (TPSA) is 117 Å². The van der Waals surface area contributed by atoms with Crippen LogP contribution in [0.15, 0.2) is 0 Å². The van der Waals surface area contributed by atoms with Gasteiger partial charge in [-0.2, -0.15) is 4.37 Å². The maximum atomic E-state index is 10.9. The fraction of sp³-hybridized carbons (Fsp3) is 0.375. The van der Waals surface area contributed by atoms with Gasteiger partial charge in [0.15, 0.2) is 0 Å². The molecule has 0 atom stereocenters. The van der Waals surface area contributed by atoms with Gasteiger partial charge in [-0.05, 0) is 18.5 Å². The van der Waals surface area contributed by atoms with E-state index in [1.54, 1.807) is 6.92 Å². The lowest BCUT2D eigenvalue weighted by molar-refractivity contribution is 0.0697. The summed E-state index contributed by atoms with van der Waals surface area (Å²) in [4.78, 5) is 21.3. The lowest BCUT2D eigenvalue weighted by Gasteiger charge is -2.04. The van der Waals surface area contributed by atoms with Crippen molar-refractivity contribution in [3.05, 3.63) is 11.3 Å². The Morgan fingerprint density at radius 3 is 2.75 bits per heavy atom. The molecule has 0 fully saturated rings. The largest absolute Gasteiger partial charge is 0.478 e. The van der Waals surface area contributed by atoms with E-state index in [9.17, 15) is 9.59 Å². The first-order valence-corrected chi connectivity index (χ1v) is 5.26. The van der Waals surface area contributed by atoms with Gasteiger partial charge in [-0.1, -0.05) is 0 Å². The minimum absolute atomic E-state index is 0.170. The standard InChI is InChI=1S/C8H12N4O3S/c1-4-5(7(13)14)6(16-12-4)10-2-3-11-8(9)15/h10H,2-3H2,1H3,(H,13,14)(H3,9,11,15).